The predicted octanol–water partition coefficient (Wildman–Crippen LogP) is 1.52. The van der Waals surface area contributed by atoms with Gasteiger partial charge in [0.25, 0.3) is 0 Å². The summed E-state index contributed by atoms with van der Waals surface area (Å²) in [5, 5.41) is 0. The maximum absolute atomic E-state index is 5.23. The summed E-state index contributed by atoms with van der Waals surface area (Å²) in [5.74, 6) is 1.04. The Morgan fingerprint density at radius 3 is 2.75 bits per heavy atom. The van der Waals surface area contributed by atoms with Gasteiger partial charge < -0.3 is 16.2 Å². The van der Waals surface area contributed by atoms with E-state index >= 15 is 0 Å². The Labute approximate surface area is 113 Å². The van der Waals surface area contributed by atoms with Crippen molar-refractivity contribution in [3.05, 3.63) is 29.8 Å². The van der Waals surface area contributed by atoms with Crippen LogP contribution >= 0.6 is 24.0 Å². The Balaban J connectivity index is 0.00000225. The zero-order valence-electron chi connectivity index (χ0n) is 9.35. The minimum absolute atomic E-state index is 0. The molecule has 0 aliphatic carbocycles. The quantitative estimate of drug-likeness (QED) is 0.371. The van der Waals surface area contributed by atoms with Crippen LogP contribution in [0.1, 0.15) is 12.0 Å². The minimum atomic E-state index is 0. The van der Waals surface area contributed by atoms with Crippen molar-refractivity contribution in [1.82, 2.24) is 0 Å². The van der Waals surface area contributed by atoms with Gasteiger partial charge in [0.1, 0.15) is 5.75 Å². The molecule has 0 heterocycles. The topological polar surface area (TPSA) is 73.6 Å². The molecule has 0 fully saturated rings. The molecule has 0 aliphatic rings. The van der Waals surface area contributed by atoms with E-state index in [0.29, 0.717) is 6.54 Å². The minimum Gasteiger partial charge on any atom is -0.497 e. The Bertz CT molecular complexity index is 338. The highest BCUT2D eigenvalue weighted by atomic mass is 127. The molecular formula is C11H18IN3O. The molecule has 0 aliphatic heterocycles. The van der Waals surface area contributed by atoms with Gasteiger partial charge in [-0.25, -0.2) is 0 Å². The van der Waals surface area contributed by atoms with Crippen LogP contribution in [0.5, 0.6) is 5.75 Å². The first kappa shape index (κ1) is 15.0. The number of aryl methyl sites for hydroxylation is 1. The van der Waals surface area contributed by atoms with Gasteiger partial charge in [-0.2, -0.15) is 0 Å². The van der Waals surface area contributed by atoms with Crippen molar-refractivity contribution in [2.45, 2.75) is 12.8 Å². The van der Waals surface area contributed by atoms with E-state index in [1.165, 1.54) is 5.56 Å². The van der Waals surface area contributed by atoms with Gasteiger partial charge in [-0.3, -0.25) is 4.99 Å². The summed E-state index contributed by atoms with van der Waals surface area (Å²) in [4.78, 5) is 3.92. The molecule has 0 saturated carbocycles. The van der Waals surface area contributed by atoms with E-state index in [2.05, 4.69) is 11.1 Å². The van der Waals surface area contributed by atoms with E-state index in [1.54, 1.807) is 7.11 Å². The first-order valence-electron chi connectivity index (χ1n) is 4.90. The molecule has 90 valence electrons. The van der Waals surface area contributed by atoms with Crippen molar-refractivity contribution in [3.63, 3.8) is 0 Å². The number of hydrogen-bond donors (Lipinski definition) is 2. The van der Waals surface area contributed by atoms with Gasteiger partial charge in [-0.1, -0.05) is 12.1 Å². The van der Waals surface area contributed by atoms with E-state index in [4.69, 9.17) is 16.2 Å². The highest BCUT2D eigenvalue weighted by Gasteiger charge is 1.95. The normalized spacial score (nSPS) is 9.06. The summed E-state index contributed by atoms with van der Waals surface area (Å²) in [7, 11) is 1.67. The Hall–Kier alpha value is -0.980. The van der Waals surface area contributed by atoms with Crippen LogP contribution in [-0.2, 0) is 6.42 Å². The molecule has 0 saturated heterocycles. The van der Waals surface area contributed by atoms with Crippen molar-refractivity contribution in [3.8, 4) is 5.75 Å². The number of ether oxygens (including phenoxy) is 1. The van der Waals surface area contributed by atoms with E-state index in [9.17, 15) is 0 Å². The predicted molar refractivity (Wildman–Crippen MR) is 77.4 cm³/mol. The molecule has 0 unspecified atom stereocenters. The fourth-order valence-electron chi connectivity index (χ4n) is 1.32. The molecule has 0 spiro atoms. The molecule has 1 aromatic carbocycles. The number of guanidine groups is 1. The fourth-order valence-corrected chi connectivity index (χ4v) is 1.32. The molecule has 0 aromatic heterocycles. The lowest BCUT2D eigenvalue weighted by Crippen LogP contribution is -2.23. The number of rotatable bonds is 5. The van der Waals surface area contributed by atoms with Gasteiger partial charge in [0.15, 0.2) is 5.96 Å². The third kappa shape index (κ3) is 5.79. The monoisotopic (exact) mass is 335 g/mol. The lowest BCUT2D eigenvalue weighted by atomic mass is 10.1. The van der Waals surface area contributed by atoms with Crippen molar-refractivity contribution in [1.29, 1.82) is 0 Å². The number of nitrogens with two attached hydrogens (primary N) is 2. The summed E-state index contributed by atoms with van der Waals surface area (Å²) in [6.07, 6.45) is 1.89. The van der Waals surface area contributed by atoms with Gasteiger partial charge in [0.05, 0.1) is 7.11 Å². The SMILES string of the molecule is COc1cccc(CCCN=C(N)N)c1.I. The van der Waals surface area contributed by atoms with Crippen molar-refractivity contribution < 1.29 is 4.74 Å². The zero-order valence-corrected chi connectivity index (χ0v) is 11.7. The second-order valence-corrected chi connectivity index (χ2v) is 3.26. The van der Waals surface area contributed by atoms with Crippen LogP contribution in [0.2, 0.25) is 0 Å². The maximum Gasteiger partial charge on any atom is 0.185 e. The largest absolute Gasteiger partial charge is 0.497 e. The highest BCUT2D eigenvalue weighted by molar-refractivity contribution is 14.0. The number of methoxy groups -OCH3 is 1. The molecule has 0 amide bonds. The van der Waals surface area contributed by atoms with Gasteiger partial charge in [-0.05, 0) is 30.5 Å². The second kappa shape index (κ2) is 8.20. The molecule has 0 radical (unpaired) electrons. The smallest absolute Gasteiger partial charge is 0.185 e. The molecule has 0 bridgehead atoms. The molecule has 1 rings (SSSR count). The van der Waals surface area contributed by atoms with Crippen molar-refractivity contribution in [2.24, 2.45) is 16.5 Å². The Morgan fingerprint density at radius 2 is 2.12 bits per heavy atom. The summed E-state index contributed by atoms with van der Waals surface area (Å²) in [6.45, 7) is 0.666. The number of halogens is 1. The number of benzene rings is 1. The number of hydrogen-bond acceptors (Lipinski definition) is 2. The molecule has 1 aromatic rings. The lowest BCUT2D eigenvalue weighted by molar-refractivity contribution is 0.414. The first-order valence-corrected chi connectivity index (χ1v) is 4.90. The van der Waals surface area contributed by atoms with Crippen LogP contribution in [0.25, 0.3) is 0 Å². The van der Waals surface area contributed by atoms with Gasteiger partial charge in [0, 0.05) is 6.54 Å². The van der Waals surface area contributed by atoms with E-state index in [0.717, 1.165) is 18.6 Å². The molecule has 4 N–H and O–H groups in total. The Kier molecular flexibility index (Phi) is 7.70. The third-order valence-corrected chi connectivity index (χ3v) is 2.05. The first-order chi connectivity index (χ1) is 7.22. The highest BCUT2D eigenvalue weighted by Crippen LogP contribution is 2.13. The van der Waals surface area contributed by atoms with Crippen LogP contribution in [-0.4, -0.2) is 19.6 Å². The standard InChI is InChI=1S/C11H17N3O.HI/c1-15-10-6-2-4-9(8-10)5-3-7-14-11(12)13;/h2,4,6,8H,3,5,7H2,1H3,(H4,12,13,14);1H. The van der Waals surface area contributed by atoms with Crippen LogP contribution in [0.15, 0.2) is 29.3 Å². The maximum atomic E-state index is 5.23. The van der Waals surface area contributed by atoms with Crippen LogP contribution in [0.3, 0.4) is 0 Å². The lowest BCUT2D eigenvalue weighted by Gasteiger charge is -2.03. The van der Waals surface area contributed by atoms with Gasteiger partial charge in [-0.15, -0.1) is 24.0 Å². The zero-order chi connectivity index (χ0) is 11.1. The average Bonchev–Trinajstić information content (AvgIpc) is 2.24. The van der Waals surface area contributed by atoms with Crippen LogP contribution in [0.4, 0.5) is 0 Å². The summed E-state index contributed by atoms with van der Waals surface area (Å²) in [6, 6.07) is 8.00. The molecule has 5 heteroatoms. The van der Waals surface area contributed by atoms with E-state index in [1.807, 2.05) is 18.2 Å². The summed E-state index contributed by atoms with van der Waals surface area (Å²) < 4.78 is 5.13. The van der Waals surface area contributed by atoms with Gasteiger partial charge in [0.2, 0.25) is 0 Å². The number of nitrogens with zero attached hydrogens (tertiary/aromatic N) is 1. The van der Waals surface area contributed by atoms with E-state index in [-0.39, 0.29) is 29.9 Å². The fraction of sp³-hybridized carbons (Fsp3) is 0.364. The third-order valence-electron chi connectivity index (χ3n) is 2.05. The van der Waals surface area contributed by atoms with Crippen LogP contribution in [0, 0.1) is 0 Å². The van der Waals surface area contributed by atoms with Crippen molar-refractivity contribution >= 4 is 29.9 Å². The summed E-state index contributed by atoms with van der Waals surface area (Å²) >= 11 is 0. The van der Waals surface area contributed by atoms with Crippen LogP contribution < -0.4 is 16.2 Å². The van der Waals surface area contributed by atoms with Gasteiger partial charge >= 0.3 is 0 Å². The number of aliphatic imine (C=N–C) groups is 1. The Morgan fingerprint density at radius 1 is 1.38 bits per heavy atom. The molecule has 4 nitrogen and oxygen atoms in total. The van der Waals surface area contributed by atoms with Crippen molar-refractivity contribution in [2.75, 3.05) is 13.7 Å². The molecular weight excluding hydrogens is 317 g/mol. The molecule has 0 atom stereocenters. The summed E-state index contributed by atoms with van der Waals surface area (Å²) in [5.41, 5.74) is 11.7. The average molecular weight is 335 g/mol. The second-order valence-electron chi connectivity index (χ2n) is 3.26. The molecule has 16 heavy (non-hydrogen) atoms. The van der Waals surface area contributed by atoms with E-state index < -0.39 is 0 Å².